The van der Waals surface area contributed by atoms with Gasteiger partial charge < -0.3 is 24.5 Å². The topological polar surface area (TPSA) is 119 Å². The molecule has 4 aromatic rings. The molecule has 1 amide bonds. The molecule has 9 nitrogen and oxygen atoms in total. The number of ether oxygens (including phenoxy) is 2. The smallest absolute Gasteiger partial charge is 0.408 e. The van der Waals surface area contributed by atoms with E-state index in [1.165, 1.54) is 22.0 Å². The third-order valence-electron chi connectivity index (χ3n) is 6.47. The zero-order chi connectivity index (χ0) is 26.1. The van der Waals surface area contributed by atoms with Crippen molar-refractivity contribution in [2.45, 2.75) is 24.7 Å². The molecule has 0 bridgehead atoms. The quantitative estimate of drug-likeness (QED) is 0.398. The molecule has 0 radical (unpaired) electrons. The maximum Gasteiger partial charge on any atom is 0.419 e. The lowest BCUT2D eigenvalue weighted by molar-refractivity contribution is -0.133. The molecule has 5 rings (SSSR count). The number of hydrogen-bond donors (Lipinski definition) is 2. The summed E-state index contributed by atoms with van der Waals surface area (Å²) in [6.45, 7) is 1.11. The van der Waals surface area contributed by atoms with Gasteiger partial charge in [-0.1, -0.05) is 0 Å². The van der Waals surface area contributed by atoms with Crippen molar-refractivity contribution in [3.05, 3.63) is 58.3 Å². The molecule has 2 N–H and O–H groups in total. The maximum atomic E-state index is 15.0. The number of hydrogen-bond acceptors (Lipinski definition) is 8. The second-order valence-electron chi connectivity index (χ2n) is 8.93. The number of nitrogens with one attached hydrogen (secondary N) is 2. The zero-order valence-electron chi connectivity index (χ0n) is 20.2. The second kappa shape index (κ2) is 10.4. The first-order chi connectivity index (χ1) is 17.9. The lowest BCUT2D eigenvalue weighted by Crippen LogP contribution is -2.46. The highest BCUT2D eigenvalue weighted by molar-refractivity contribution is 7.22. The lowest BCUT2D eigenvalue weighted by atomic mass is 10.0. The van der Waals surface area contributed by atoms with Crippen molar-refractivity contribution in [1.82, 2.24) is 15.2 Å². The molecule has 1 aliphatic heterocycles. The van der Waals surface area contributed by atoms with Crippen LogP contribution < -0.4 is 16.4 Å². The molecule has 3 heterocycles. The van der Waals surface area contributed by atoms with Crippen LogP contribution in [0.1, 0.15) is 5.56 Å². The van der Waals surface area contributed by atoms with Gasteiger partial charge in [-0.05, 0) is 52.9 Å². The lowest BCUT2D eigenvalue weighted by Gasteiger charge is -2.18. The number of benzene rings is 2. The fourth-order valence-corrected chi connectivity index (χ4v) is 5.43. The number of thiophene rings is 1. The van der Waals surface area contributed by atoms with Crippen molar-refractivity contribution < 1.29 is 23.1 Å². The van der Waals surface area contributed by atoms with E-state index >= 15 is 4.39 Å². The Kier molecular flexibility index (Phi) is 7.08. The molecule has 192 valence electrons. The minimum atomic E-state index is -0.922. The van der Waals surface area contributed by atoms with Crippen LogP contribution in [0.4, 0.5) is 4.39 Å². The van der Waals surface area contributed by atoms with Gasteiger partial charge in [-0.25, -0.2) is 9.18 Å². The number of amides is 1. The highest BCUT2D eigenvalue weighted by Crippen LogP contribution is 2.36. The fraction of sp³-hybridized carbons (Fsp3) is 0.346. The second-order valence-corrected chi connectivity index (χ2v) is 10.0. The Morgan fingerprint density at radius 2 is 2.19 bits per heavy atom. The Hall–Kier alpha value is -3.56. The van der Waals surface area contributed by atoms with Crippen LogP contribution >= 0.6 is 11.3 Å². The Balaban J connectivity index is 1.34. The number of oxazole rings is 1. The van der Waals surface area contributed by atoms with Gasteiger partial charge in [0.15, 0.2) is 5.58 Å². The number of halogens is 1. The monoisotopic (exact) mass is 524 g/mol. The van der Waals surface area contributed by atoms with Gasteiger partial charge in [0, 0.05) is 43.2 Å². The van der Waals surface area contributed by atoms with Gasteiger partial charge in [0.05, 0.1) is 24.3 Å². The molecule has 1 aliphatic rings. The average molecular weight is 525 g/mol. The summed E-state index contributed by atoms with van der Waals surface area (Å²) >= 11 is 1.48. The Morgan fingerprint density at radius 1 is 1.35 bits per heavy atom. The van der Waals surface area contributed by atoms with Crippen LogP contribution in [0.5, 0.6) is 0 Å². The van der Waals surface area contributed by atoms with E-state index in [-0.39, 0.29) is 19.1 Å². The minimum absolute atomic E-state index is 0.0151. The standard InChI is InChI=1S/C26H25FN4O5S/c1-31-20-7-14(3-4-21(20)36-26(31)33)23-9-16-6-19(27)15(8-24(16)37-23)5-17(10-28)30-25(32)22-12-29-11-18(34-2)13-35-22/h3-4,6-9,17-18,22,29H,5,11-13H2,1-2H3,(H,30,32)/t17-,18?,22+/m0/s1. The number of methoxy groups -OCH3 is 1. The molecular weight excluding hydrogens is 499 g/mol. The van der Waals surface area contributed by atoms with Gasteiger partial charge in [0.2, 0.25) is 0 Å². The SMILES string of the molecule is COC1CNC[C@H](C(=O)N[C@H](C#N)Cc2cc3sc(-c4ccc5oc(=O)n(C)c5c4)cc3cc2F)OC1. The van der Waals surface area contributed by atoms with E-state index in [9.17, 15) is 14.9 Å². The number of carbonyl (C=O) groups excluding carboxylic acids is 1. The number of aromatic nitrogens is 1. The summed E-state index contributed by atoms with van der Waals surface area (Å²) in [5, 5.41) is 16.1. The number of rotatable bonds is 6. The summed E-state index contributed by atoms with van der Waals surface area (Å²) in [5.41, 5.74) is 2.38. The fourth-order valence-electron chi connectivity index (χ4n) is 4.33. The van der Waals surface area contributed by atoms with Gasteiger partial charge in [0.25, 0.3) is 5.91 Å². The zero-order valence-corrected chi connectivity index (χ0v) is 21.1. The predicted octanol–water partition coefficient (Wildman–Crippen LogP) is 2.71. The van der Waals surface area contributed by atoms with Crippen LogP contribution in [-0.4, -0.2) is 55.5 Å². The first kappa shape index (κ1) is 25.1. The van der Waals surface area contributed by atoms with Crippen molar-refractivity contribution in [2.75, 3.05) is 26.8 Å². The molecule has 1 unspecified atom stereocenters. The molecule has 37 heavy (non-hydrogen) atoms. The average Bonchev–Trinajstić information content (AvgIpc) is 3.31. The summed E-state index contributed by atoms with van der Waals surface area (Å²) in [4.78, 5) is 25.4. The van der Waals surface area contributed by atoms with Gasteiger partial charge in [-0.15, -0.1) is 11.3 Å². The largest absolute Gasteiger partial charge is 0.419 e. The normalized spacial score (nSPS) is 19.0. The molecule has 0 aliphatic carbocycles. The van der Waals surface area contributed by atoms with Gasteiger partial charge in [0.1, 0.15) is 18.0 Å². The Labute approximate surface area is 215 Å². The number of carbonyl (C=O) groups is 1. The van der Waals surface area contributed by atoms with Gasteiger partial charge >= 0.3 is 5.76 Å². The van der Waals surface area contributed by atoms with Crippen LogP contribution in [0.15, 0.2) is 45.6 Å². The van der Waals surface area contributed by atoms with E-state index in [2.05, 4.69) is 16.7 Å². The van der Waals surface area contributed by atoms with E-state index in [0.717, 1.165) is 20.5 Å². The van der Waals surface area contributed by atoms with Gasteiger partial charge in [-0.3, -0.25) is 9.36 Å². The summed E-state index contributed by atoms with van der Waals surface area (Å²) < 4.78 is 33.4. The van der Waals surface area contributed by atoms with E-state index in [4.69, 9.17) is 13.9 Å². The number of fused-ring (bicyclic) bond motifs is 2. The third-order valence-corrected chi connectivity index (χ3v) is 7.62. The van der Waals surface area contributed by atoms with Crippen LogP contribution in [0.25, 0.3) is 31.6 Å². The van der Waals surface area contributed by atoms with E-state index in [1.54, 1.807) is 26.3 Å². The highest BCUT2D eigenvalue weighted by atomic mass is 32.1. The van der Waals surface area contributed by atoms with E-state index in [1.807, 2.05) is 18.2 Å². The first-order valence-corrected chi connectivity index (χ1v) is 12.5. The molecule has 2 aromatic heterocycles. The summed E-state index contributed by atoms with van der Waals surface area (Å²) in [6, 6.07) is 11.6. The maximum absolute atomic E-state index is 15.0. The van der Waals surface area contributed by atoms with Crippen molar-refractivity contribution in [2.24, 2.45) is 7.05 Å². The Bertz CT molecular complexity index is 1570. The van der Waals surface area contributed by atoms with Crippen LogP contribution in [0.3, 0.4) is 0 Å². The summed E-state index contributed by atoms with van der Waals surface area (Å²) in [6.07, 6.45) is -0.911. The molecule has 1 saturated heterocycles. The van der Waals surface area contributed by atoms with E-state index in [0.29, 0.717) is 29.8 Å². The van der Waals surface area contributed by atoms with Crippen LogP contribution in [-0.2, 0) is 27.7 Å². The van der Waals surface area contributed by atoms with Crippen LogP contribution in [0, 0.1) is 17.1 Å². The predicted molar refractivity (Wildman–Crippen MR) is 137 cm³/mol. The minimum Gasteiger partial charge on any atom is -0.408 e. The summed E-state index contributed by atoms with van der Waals surface area (Å²) in [7, 11) is 3.22. The molecular formula is C26H25FN4O5S. The third kappa shape index (κ3) is 5.14. The Morgan fingerprint density at radius 3 is 2.97 bits per heavy atom. The molecule has 1 fully saturated rings. The van der Waals surface area contributed by atoms with Gasteiger partial charge in [-0.2, -0.15) is 5.26 Å². The van der Waals surface area contributed by atoms with E-state index < -0.39 is 29.6 Å². The molecule has 0 spiro atoms. The number of nitrogens with zero attached hydrogens (tertiary/aromatic N) is 2. The molecule has 2 aromatic carbocycles. The molecule has 0 saturated carbocycles. The number of aryl methyl sites for hydroxylation is 1. The summed E-state index contributed by atoms with van der Waals surface area (Å²) in [5.74, 6) is -1.32. The van der Waals surface area contributed by atoms with Crippen molar-refractivity contribution in [1.29, 1.82) is 5.26 Å². The van der Waals surface area contributed by atoms with Crippen molar-refractivity contribution in [3.63, 3.8) is 0 Å². The molecule has 11 heteroatoms. The highest BCUT2D eigenvalue weighted by Gasteiger charge is 2.26. The molecule has 3 atom stereocenters. The first-order valence-electron chi connectivity index (χ1n) is 11.7. The van der Waals surface area contributed by atoms with Crippen molar-refractivity contribution in [3.8, 4) is 16.5 Å². The van der Waals surface area contributed by atoms with Crippen LogP contribution in [0.2, 0.25) is 0 Å². The number of nitriles is 1. The van der Waals surface area contributed by atoms with Crippen molar-refractivity contribution >= 4 is 38.4 Å².